The predicted octanol–water partition coefficient (Wildman–Crippen LogP) is 2.96. The molecule has 1 aromatic rings. The minimum atomic E-state index is 0.172. The summed E-state index contributed by atoms with van der Waals surface area (Å²) in [5.41, 5.74) is 2.29. The van der Waals surface area contributed by atoms with E-state index in [1.807, 2.05) is 36.1 Å². The summed E-state index contributed by atoms with van der Waals surface area (Å²) in [5, 5.41) is 0. The van der Waals surface area contributed by atoms with Crippen LogP contribution in [-0.2, 0) is 4.74 Å². The first-order chi connectivity index (χ1) is 11.5. The molecule has 0 saturated carbocycles. The van der Waals surface area contributed by atoms with Crippen LogP contribution in [0.5, 0.6) is 0 Å². The summed E-state index contributed by atoms with van der Waals surface area (Å²) in [5.74, 6) is 0.172. The van der Waals surface area contributed by atoms with Crippen molar-refractivity contribution in [2.45, 2.75) is 39.2 Å². The first-order valence-electron chi connectivity index (χ1n) is 9.17. The summed E-state index contributed by atoms with van der Waals surface area (Å²) < 4.78 is 6.07. The molecule has 2 fully saturated rings. The second kappa shape index (κ2) is 7.24. The molecule has 0 aromatic heterocycles. The summed E-state index contributed by atoms with van der Waals surface area (Å²) in [6.45, 7) is 8.88. The Balaban J connectivity index is 1.54. The van der Waals surface area contributed by atoms with Crippen LogP contribution in [0.15, 0.2) is 24.3 Å². The van der Waals surface area contributed by atoms with Crippen LogP contribution in [-0.4, -0.2) is 61.6 Å². The van der Waals surface area contributed by atoms with Crippen LogP contribution < -0.4 is 0 Å². The highest BCUT2D eigenvalue weighted by Gasteiger charge is 2.43. The second-order valence-corrected chi connectivity index (χ2v) is 7.65. The van der Waals surface area contributed by atoms with Crippen molar-refractivity contribution in [2.75, 3.05) is 39.8 Å². The average molecular weight is 330 g/mol. The molecule has 0 radical (unpaired) electrons. The summed E-state index contributed by atoms with van der Waals surface area (Å²) >= 11 is 0. The minimum Gasteiger partial charge on any atom is -0.376 e. The van der Waals surface area contributed by atoms with E-state index in [0.717, 1.165) is 57.6 Å². The van der Waals surface area contributed by atoms with Gasteiger partial charge < -0.3 is 14.5 Å². The lowest BCUT2D eigenvalue weighted by atomic mass is 9.76. The summed E-state index contributed by atoms with van der Waals surface area (Å²) in [6.07, 6.45) is 3.63. The van der Waals surface area contributed by atoms with Crippen LogP contribution in [0.1, 0.15) is 42.1 Å². The average Bonchev–Trinajstić information content (AvgIpc) is 2.98. The zero-order valence-corrected chi connectivity index (χ0v) is 15.3. The second-order valence-electron chi connectivity index (χ2n) is 7.65. The molecular formula is C20H30N2O2. The number of benzene rings is 1. The molecule has 2 aliphatic heterocycles. The van der Waals surface area contributed by atoms with Crippen molar-refractivity contribution in [3.05, 3.63) is 35.4 Å². The third kappa shape index (κ3) is 3.81. The first kappa shape index (κ1) is 17.4. The molecule has 0 aliphatic carbocycles. The van der Waals surface area contributed by atoms with Gasteiger partial charge in [0.1, 0.15) is 0 Å². The Morgan fingerprint density at radius 2 is 1.96 bits per heavy atom. The lowest BCUT2D eigenvalue weighted by Gasteiger charge is -2.38. The number of ether oxygens (including phenoxy) is 1. The monoisotopic (exact) mass is 330 g/mol. The van der Waals surface area contributed by atoms with Crippen LogP contribution in [0.3, 0.4) is 0 Å². The SMILES string of the molecule is CCN(C)C[C@@H]1CC2(CCN(C(=O)c3ccc(C)cc3)CC2)CO1. The van der Waals surface area contributed by atoms with Gasteiger partial charge in [0.25, 0.3) is 5.91 Å². The molecule has 3 rings (SSSR count). The highest BCUT2D eigenvalue weighted by atomic mass is 16.5. The molecule has 0 unspecified atom stereocenters. The summed E-state index contributed by atoms with van der Waals surface area (Å²) in [7, 11) is 2.15. The number of likely N-dealkylation sites (tertiary alicyclic amines) is 1. The highest BCUT2D eigenvalue weighted by molar-refractivity contribution is 5.94. The molecule has 2 saturated heterocycles. The maximum atomic E-state index is 12.7. The number of hydrogen-bond donors (Lipinski definition) is 0. The topological polar surface area (TPSA) is 32.8 Å². The number of hydrogen-bond acceptors (Lipinski definition) is 3. The van der Waals surface area contributed by atoms with Gasteiger partial charge in [0.2, 0.25) is 0 Å². The molecule has 2 heterocycles. The van der Waals surface area contributed by atoms with Crippen LogP contribution in [0.4, 0.5) is 0 Å². The van der Waals surface area contributed by atoms with Crippen LogP contribution in [0.2, 0.25) is 0 Å². The number of amides is 1. The van der Waals surface area contributed by atoms with E-state index < -0.39 is 0 Å². The molecular weight excluding hydrogens is 300 g/mol. The Kier molecular flexibility index (Phi) is 5.26. The van der Waals surface area contributed by atoms with E-state index in [1.54, 1.807) is 0 Å². The highest BCUT2D eigenvalue weighted by Crippen LogP contribution is 2.42. The lowest BCUT2D eigenvalue weighted by Crippen LogP contribution is -2.43. The number of likely N-dealkylation sites (N-methyl/N-ethyl adjacent to an activating group) is 1. The Labute approximate surface area is 145 Å². The predicted molar refractivity (Wildman–Crippen MR) is 96.3 cm³/mol. The zero-order chi connectivity index (χ0) is 17.2. The molecule has 2 aliphatic rings. The summed E-state index contributed by atoms with van der Waals surface area (Å²) in [4.78, 5) is 17.0. The maximum absolute atomic E-state index is 12.7. The van der Waals surface area contributed by atoms with E-state index in [9.17, 15) is 4.79 Å². The van der Waals surface area contributed by atoms with Crippen LogP contribution in [0, 0.1) is 12.3 Å². The van der Waals surface area contributed by atoms with Gasteiger partial charge in [-0.2, -0.15) is 0 Å². The van der Waals surface area contributed by atoms with Gasteiger partial charge in [0.05, 0.1) is 12.7 Å². The van der Waals surface area contributed by atoms with Gasteiger partial charge >= 0.3 is 0 Å². The van der Waals surface area contributed by atoms with Gasteiger partial charge in [-0.3, -0.25) is 4.79 Å². The molecule has 24 heavy (non-hydrogen) atoms. The Hall–Kier alpha value is -1.39. The van der Waals surface area contributed by atoms with Crippen molar-refractivity contribution < 1.29 is 9.53 Å². The zero-order valence-electron chi connectivity index (χ0n) is 15.3. The van der Waals surface area contributed by atoms with Gasteiger partial charge in [0, 0.05) is 25.2 Å². The Morgan fingerprint density at radius 1 is 1.29 bits per heavy atom. The van der Waals surface area contributed by atoms with E-state index in [2.05, 4.69) is 18.9 Å². The fourth-order valence-electron chi connectivity index (χ4n) is 3.90. The number of carbonyl (C=O) groups excluding carboxylic acids is 1. The first-order valence-corrected chi connectivity index (χ1v) is 9.17. The van der Waals surface area contributed by atoms with Gasteiger partial charge in [-0.15, -0.1) is 0 Å². The molecule has 4 nitrogen and oxygen atoms in total. The van der Waals surface area contributed by atoms with Crippen molar-refractivity contribution in [2.24, 2.45) is 5.41 Å². The van der Waals surface area contributed by atoms with Crippen LogP contribution in [0.25, 0.3) is 0 Å². The Morgan fingerprint density at radius 3 is 2.58 bits per heavy atom. The molecule has 0 bridgehead atoms. The number of nitrogens with zero attached hydrogens (tertiary/aromatic N) is 2. The molecule has 1 atom stereocenters. The number of piperidine rings is 1. The molecule has 0 N–H and O–H groups in total. The normalized spacial score (nSPS) is 23.2. The van der Waals surface area contributed by atoms with Gasteiger partial charge in [-0.05, 0) is 57.3 Å². The smallest absolute Gasteiger partial charge is 0.253 e. The lowest BCUT2D eigenvalue weighted by molar-refractivity contribution is 0.0463. The van der Waals surface area contributed by atoms with E-state index in [1.165, 1.54) is 5.56 Å². The fourth-order valence-corrected chi connectivity index (χ4v) is 3.90. The van der Waals surface area contributed by atoms with Crippen molar-refractivity contribution in [1.82, 2.24) is 9.80 Å². The third-order valence-corrected chi connectivity index (χ3v) is 5.75. The molecule has 4 heteroatoms. The van der Waals surface area contributed by atoms with E-state index in [-0.39, 0.29) is 5.91 Å². The number of aryl methyl sites for hydroxylation is 1. The maximum Gasteiger partial charge on any atom is 0.253 e. The standard InChI is InChI=1S/C20H30N2O2/c1-4-21(3)14-18-13-20(15-24-18)9-11-22(12-10-20)19(23)17-7-5-16(2)6-8-17/h5-8,18H,4,9-15H2,1-3H3/t18-/m0/s1. The van der Waals surface area contributed by atoms with E-state index >= 15 is 0 Å². The minimum absolute atomic E-state index is 0.172. The van der Waals surface area contributed by atoms with Crippen LogP contribution >= 0.6 is 0 Å². The van der Waals surface area contributed by atoms with E-state index in [4.69, 9.17) is 4.74 Å². The van der Waals surface area contributed by atoms with Gasteiger partial charge in [-0.25, -0.2) is 0 Å². The van der Waals surface area contributed by atoms with Crippen molar-refractivity contribution >= 4 is 5.91 Å². The van der Waals surface area contributed by atoms with Crippen molar-refractivity contribution in [1.29, 1.82) is 0 Å². The number of carbonyl (C=O) groups is 1. The third-order valence-electron chi connectivity index (χ3n) is 5.75. The molecule has 1 spiro atoms. The Bertz CT molecular complexity index is 562. The largest absolute Gasteiger partial charge is 0.376 e. The number of rotatable bonds is 4. The summed E-state index contributed by atoms with van der Waals surface area (Å²) in [6, 6.07) is 7.91. The van der Waals surface area contributed by atoms with Gasteiger partial charge in [-0.1, -0.05) is 24.6 Å². The molecule has 132 valence electrons. The van der Waals surface area contributed by atoms with Crippen molar-refractivity contribution in [3.63, 3.8) is 0 Å². The van der Waals surface area contributed by atoms with E-state index in [0.29, 0.717) is 11.5 Å². The van der Waals surface area contributed by atoms with Gasteiger partial charge in [0.15, 0.2) is 0 Å². The fraction of sp³-hybridized carbons (Fsp3) is 0.650. The quantitative estimate of drug-likeness (QED) is 0.851. The molecule has 1 amide bonds. The van der Waals surface area contributed by atoms with Crippen molar-refractivity contribution in [3.8, 4) is 0 Å². The molecule has 1 aromatic carbocycles.